The summed E-state index contributed by atoms with van der Waals surface area (Å²) in [5.41, 5.74) is 5.96. The van der Waals surface area contributed by atoms with Crippen molar-refractivity contribution in [2.45, 2.75) is 58.8 Å². The summed E-state index contributed by atoms with van der Waals surface area (Å²) in [6.07, 6.45) is 1.00. The van der Waals surface area contributed by atoms with E-state index in [0.29, 0.717) is 52.1 Å². The molecule has 0 spiro atoms. The Bertz CT molecular complexity index is 1650. The number of carbonyl (C=O) groups excluding carboxylic acids is 1. The molecule has 0 aliphatic carbocycles. The molecule has 224 valence electrons. The first-order valence-electron chi connectivity index (χ1n) is 14.4. The molecule has 0 bridgehead atoms. The predicted molar refractivity (Wildman–Crippen MR) is 173 cm³/mol. The number of thioether (sulfide) groups is 1. The van der Waals surface area contributed by atoms with Gasteiger partial charge in [-0.1, -0.05) is 66.2 Å². The van der Waals surface area contributed by atoms with Crippen LogP contribution in [0.1, 0.15) is 55.5 Å². The average molecular weight is 618 g/mol. The van der Waals surface area contributed by atoms with Gasteiger partial charge in [0.2, 0.25) is 11.1 Å². The fraction of sp³-hybridized carbons (Fsp3) is 0.303. The molecule has 8 nitrogen and oxygen atoms in total. The maximum absolute atomic E-state index is 14.0. The molecule has 0 saturated heterocycles. The lowest BCUT2D eigenvalue weighted by Gasteiger charge is -2.29. The zero-order valence-electron chi connectivity index (χ0n) is 25.0. The quantitative estimate of drug-likeness (QED) is 0.165. The van der Waals surface area contributed by atoms with Gasteiger partial charge in [-0.05, 0) is 81.1 Å². The molecular formula is C33H36ClN5O3S. The smallest absolute Gasteiger partial charge is 0.255 e. The summed E-state index contributed by atoms with van der Waals surface area (Å²) in [6, 6.07) is 18.7. The number of carbonyl (C=O) groups is 1. The van der Waals surface area contributed by atoms with Crippen LogP contribution in [-0.2, 0) is 11.4 Å². The van der Waals surface area contributed by atoms with E-state index in [1.807, 2.05) is 82.3 Å². The molecule has 1 aliphatic rings. The lowest BCUT2D eigenvalue weighted by molar-refractivity contribution is -0.113. The summed E-state index contributed by atoms with van der Waals surface area (Å²) in [5.74, 6) is 2.46. The molecule has 43 heavy (non-hydrogen) atoms. The molecule has 10 heteroatoms. The van der Waals surface area contributed by atoms with Crippen LogP contribution < -0.4 is 20.1 Å². The standard InChI is InChI=1S/C33H36ClN5O3S/c1-6-16-43-33-37-32-35-22(5)29(31(40)36-26-14-8-20(3)17-21(26)4)30(39(32)38-33)24-11-15-27(28(18-24)41-7-2)42-19-23-9-12-25(34)13-10-23/h8-15,17-18,30H,6-7,16,19H2,1-5H3,(H,36,40)(H,35,37,38). The van der Waals surface area contributed by atoms with Crippen molar-refractivity contribution in [2.75, 3.05) is 23.0 Å². The highest BCUT2D eigenvalue weighted by atomic mass is 35.5. The monoisotopic (exact) mass is 617 g/mol. The average Bonchev–Trinajstić information content (AvgIpc) is 3.39. The number of rotatable bonds is 11. The summed E-state index contributed by atoms with van der Waals surface area (Å²) < 4.78 is 14.0. The van der Waals surface area contributed by atoms with Crippen LogP contribution >= 0.6 is 23.4 Å². The number of hydrogen-bond donors (Lipinski definition) is 2. The van der Waals surface area contributed by atoms with Crippen molar-refractivity contribution in [3.8, 4) is 11.5 Å². The van der Waals surface area contributed by atoms with E-state index in [4.69, 9.17) is 31.2 Å². The number of ether oxygens (including phenoxy) is 2. The fourth-order valence-corrected chi connectivity index (χ4v) is 5.77. The van der Waals surface area contributed by atoms with Crippen LogP contribution in [0, 0.1) is 13.8 Å². The Morgan fingerprint density at radius 1 is 1.02 bits per heavy atom. The van der Waals surface area contributed by atoms with Gasteiger partial charge in [0.25, 0.3) is 5.91 Å². The molecule has 2 heterocycles. The summed E-state index contributed by atoms with van der Waals surface area (Å²) in [4.78, 5) is 18.7. The Morgan fingerprint density at radius 2 is 1.81 bits per heavy atom. The first kappa shape index (κ1) is 30.5. The van der Waals surface area contributed by atoms with Gasteiger partial charge in [0.15, 0.2) is 11.5 Å². The maximum atomic E-state index is 14.0. The lowest BCUT2D eigenvalue weighted by Crippen LogP contribution is -2.31. The normalized spacial score (nSPS) is 14.2. The van der Waals surface area contributed by atoms with E-state index in [1.54, 1.807) is 16.4 Å². The minimum absolute atomic E-state index is 0.216. The van der Waals surface area contributed by atoms with Crippen LogP contribution in [0.3, 0.4) is 0 Å². The first-order chi connectivity index (χ1) is 20.8. The number of anilines is 2. The molecule has 1 atom stereocenters. The van der Waals surface area contributed by atoms with Crippen molar-refractivity contribution < 1.29 is 14.3 Å². The minimum Gasteiger partial charge on any atom is -0.490 e. The molecule has 1 aliphatic heterocycles. The third-order valence-corrected chi connectivity index (χ3v) is 8.33. The Morgan fingerprint density at radius 3 is 2.53 bits per heavy atom. The van der Waals surface area contributed by atoms with Gasteiger partial charge in [0.05, 0.1) is 12.2 Å². The molecule has 1 unspecified atom stereocenters. The van der Waals surface area contributed by atoms with Crippen molar-refractivity contribution in [3.05, 3.63) is 99.2 Å². The number of hydrogen-bond acceptors (Lipinski definition) is 7. The molecule has 4 aromatic rings. The van der Waals surface area contributed by atoms with Crippen molar-refractivity contribution in [3.63, 3.8) is 0 Å². The van der Waals surface area contributed by atoms with E-state index in [2.05, 4.69) is 23.6 Å². The second-order valence-electron chi connectivity index (χ2n) is 10.4. The largest absolute Gasteiger partial charge is 0.490 e. The first-order valence-corrected chi connectivity index (χ1v) is 15.7. The molecule has 1 amide bonds. The van der Waals surface area contributed by atoms with Gasteiger partial charge < -0.3 is 20.1 Å². The van der Waals surface area contributed by atoms with E-state index < -0.39 is 6.04 Å². The number of allylic oxidation sites excluding steroid dienone is 1. The predicted octanol–water partition coefficient (Wildman–Crippen LogP) is 7.96. The second kappa shape index (κ2) is 13.6. The van der Waals surface area contributed by atoms with Crippen molar-refractivity contribution in [1.82, 2.24) is 14.8 Å². The summed E-state index contributed by atoms with van der Waals surface area (Å²) >= 11 is 7.63. The van der Waals surface area contributed by atoms with Crippen LogP contribution in [0.2, 0.25) is 5.02 Å². The number of benzene rings is 3. The highest BCUT2D eigenvalue weighted by molar-refractivity contribution is 7.99. The van der Waals surface area contributed by atoms with Gasteiger partial charge in [-0.25, -0.2) is 4.68 Å². The lowest BCUT2D eigenvalue weighted by atomic mass is 9.94. The molecule has 5 rings (SSSR count). The number of aryl methyl sites for hydroxylation is 2. The molecule has 0 radical (unpaired) electrons. The van der Waals surface area contributed by atoms with Crippen LogP contribution in [0.15, 0.2) is 77.1 Å². The zero-order valence-corrected chi connectivity index (χ0v) is 26.6. The fourth-order valence-electron chi connectivity index (χ4n) is 4.96. The van der Waals surface area contributed by atoms with Crippen molar-refractivity contribution >= 4 is 40.9 Å². The number of fused-ring (bicyclic) bond motifs is 1. The van der Waals surface area contributed by atoms with Crippen molar-refractivity contribution in [1.29, 1.82) is 0 Å². The van der Waals surface area contributed by atoms with Gasteiger partial charge in [-0.2, -0.15) is 4.98 Å². The Balaban J connectivity index is 1.53. The number of nitrogens with zero attached hydrogens (tertiary/aromatic N) is 3. The third kappa shape index (κ3) is 7.00. The molecule has 0 fully saturated rings. The van der Waals surface area contributed by atoms with Gasteiger partial charge in [0.1, 0.15) is 12.6 Å². The second-order valence-corrected chi connectivity index (χ2v) is 11.9. The Hall–Kier alpha value is -3.95. The van der Waals surface area contributed by atoms with E-state index in [9.17, 15) is 4.79 Å². The summed E-state index contributed by atoms with van der Waals surface area (Å²) in [7, 11) is 0. The van der Waals surface area contributed by atoms with E-state index in [-0.39, 0.29) is 5.91 Å². The summed E-state index contributed by atoms with van der Waals surface area (Å²) in [6.45, 7) is 10.8. The van der Waals surface area contributed by atoms with Gasteiger partial charge in [-0.3, -0.25) is 4.79 Å². The SMILES string of the molecule is CCCSc1nc2n(n1)C(c1ccc(OCc3ccc(Cl)cc3)c(OCC)c1)C(C(=O)Nc1ccc(C)cc1C)=C(C)N2. The van der Waals surface area contributed by atoms with Crippen molar-refractivity contribution in [2.24, 2.45) is 0 Å². The van der Waals surface area contributed by atoms with Crippen LogP contribution in [0.25, 0.3) is 0 Å². The number of halogens is 1. The van der Waals surface area contributed by atoms with E-state index >= 15 is 0 Å². The number of amides is 1. The molecular weight excluding hydrogens is 582 g/mol. The number of aromatic nitrogens is 3. The van der Waals surface area contributed by atoms with Crippen LogP contribution in [0.4, 0.5) is 11.6 Å². The highest BCUT2D eigenvalue weighted by Crippen LogP contribution is 2.40. The molecule has 1 aromatic heterocycles. The Kier molecular flexibility index (Phi) is 9.62. The van der Waals surface area contributed by atoms with Gasteiger partial charge in [0, 0.05) is 22.2 Å². The van der Waals surface area contributed by atoms with E-state index in [0.717, 1.165) is 40.1 Å². The van der Waals surface area contributed by atoms with Crippen LogP contribution in [0.5, 0.6) is 11.5 Å². The highest BCUT2D eigenvalue weighted by Gasteiger charge is 2.35. The topological polar surface area (TPSA) is 90.3 Å². The zero-order chi connectivity index (χ0) is 30.5. The number of nitrogens with one attached hydrogen (secondary N) is 2. The molecule has 3 aromatic carbocycles. The minimum atomic E-state index is -0.546. The molecule has 0 saturated carbocycles. The summed E-state index contributed by atoms with van der Waals surface area (Å²) in [5, 5.41) is 12.6. The van der Waals surface area contributed by atoms with E-state index in [1.165, 1.54) is 0 Å². The molecule has 2 N–H and O–H groups in total. The van der Waals surface area contributed by atoms with Crippen LogP contribution in [-0.4, -0.2) is 33.0 Å². The maximum Gasteiger partial charge on any atom is 0.255 e. The Labute approximate surface area is 261 Å². The van der Waals surface area contributed by atoms with Gasteiger partial charge in [-0.15, -0.1) is 5.10 Å². The third-order valence-electron chi connectivity index (χ3n) is 7.03. The van der Waals surface area contributed by atoms with Gasteiger partial charge >= 0.3 is 0 Å².